The Morgan fingerprint density at radius 2 is 1.62 bits per heavy atom. The molecule has 110 valence electrons. The zero-order valence-corrected chi connectivity index (χ0v) is 12.7. The Balaban J connectivity index is 2.02. The van der Waals surface area contributed by atoms with E-state index in [0.29, 0.717) is 5.30 Å². The molecule has 0 bridgehead atoms. The first-order valence-corrected chi connectivity index (χ1v) is 8.44. The lowest BCUT2D eigenvalue weighted by atomic mass is 10.1. The van der Waals surface area contributed by atoms with Crippen molar-refractivity contribution < 1.29 is 14.3 Å². The molecule has 0 aliphatic rings. The molecular formula is C16H18NO3P. The Kier molecular flexibility index (Phi) is 4.94. The van der Waals surface area contributed by atoms with Crippen LogP contribution in [0, 0.1) is 0 Å². The Morgan fingerprint density at radius 1 is 1.10 bits per heavy atom. The van der Waals surface area contributed by atoms with Gasteiger partial charge in [0.2, 0.25) is 5.91 Å². The van der Waals surface area contributed by atoms with Crippen LogP contribution in [0.25, 0.3) is 0 Å². The van der Waals surface area contributed by atoms with Crippen molar-refractivity contribution in [2.75, 3.05) is 0 Å². The second kappa shape index (κ2) is 6.70. The fourth-order valence-corrected chi connectivity index (χ4v) is 3.38. The third kappa shape index (κ3) is 4.03. The molecule has 0 radical (unpaired) electrons. The summed E-state index contributed by atoms with van der Waals surface area (Å²) in [4.78, 5) is 22.2. The smallest absolute Gasteiger partial charge is 0.250 e. The van der Waals surface area contributed by atoms with Gasteiger partial charge in [0.15, 0.2) is 0 Å². The summed E-state index contributed by atoms with van der Waals surface area (Å²) in [6.45, 7) is 1.55. The topological polar surface area (TPSA) is 66.4 Å². The highest BCUT2D eigenvalue weighted by Gasteiger charge is 2.30. The van der Waals surface area contributed by atoms with E-state index < -0.39 is 13.2 Å². The van der Waals surface area contributed by atoms with Crippen LogP contribution in [0.2, 0.25) is 0 Å². The van der Waals surface area contributed by atoms with Crippen molar-refractivity contribution in [2.24, 2.45) is 0 Å². The van der Waals surface area contributed by atoms with E-state index in [1.165, 1.54) is 0 Å². The monoisotopic (exact) mass is 303 g/mol. The number of rotatable bonds is 5. The van der Waals surface area contributed by atoms with Crippen molar-refractivity contribution in [3.05, 3.63) is 66.2 Å². The minimum absolute atomic E-state index is 0.194. The number of benzene rings is 2. The minimum atomic E-state index is -3.63. The van der Waals surface area contributed by atoms with Crippen molar-refractivity contribution in [3.8, 4) is 0 Å². The molecule has 2 aromatic rings. The highest BCUT2D eigenvalue weighted by molar-refractivity contribution is 7.66. The fourth-order valence-electron chi connectivity index (χ4n) is 2.02. The Bertz CT molecular complexity index is 643. The van der Waals surface area contributed by atoms with Crippen LogP contribution in [0.15, 0.2) is 60.7 Å². The predicted octanol–water partition coefficient (Wildman–Crippen LogP) is 2.29. The molecule has 21 heavy (non-hydrogen) atoms. The van der Waals surface area contributed by atoms with Gasteiger partial charge in [-0.3, -0.25) is 9.36 Å². The van der Waals surface area contributed by atoms with Crippen LogP contribution in [0.3, 0.4) is 0 Å². The second-order valence-electron chi connectivity index (χ2n) is 4.86. The molecule has 2 rings (SSSR count). The molecule has 0 aromatic heterocycles. The van der Waals surface area contributed by atoms with E-state index in [4.69, 9.17) is 0 Å². The van der Waals surface area contributed by atoms with Gasteiger partial charge >= 0.3 is 0 Å². The lowest BCUT2D eigenvalue weighted by molar-refractivity contribution is -0.120. The molecule has 0 spiro atoms. The highest BCUT2D eigenvalue weighted by atomic mass is 31.2. The molecule has 0 aliphatic heterocycles. The molecule has 5 heteroatoms. The SMILES string of the molecule is C[C@H](NC(=O)Cc1ccccc1)P(=O)(O)c1ccccc1. The van der Waals surface area contributed by atoms with E-state index >= 15 is 0 Å². The maximum absolute atomic E-state index is 12.4. The Labute approximate surface area is 124 Å². The largest absolute Gasteiger partial charge is 0.344 e. The normalized spacial score (nSPS) is 15.0. The second-order valence-corrected chi connectivity index (χ2v) is 7.40. The summed E-state index contributed by atoms with van der Waals surface area (Å²) in [5.41, 5.74) is 0.870. The maximum atomic E-state index is 12.4. The first-order chi connectivity index (χ1) is 10.00. The summed E-state index contributed by atoms with van der Waals surface area (Å²) >= 11 is 0. The minimum Gasteiger partial charge on any atom is -0.344 e. The van der Waals surface area contributed by atoms with E-state index in [0.717, 1.165) is 5.56 Å². The molecule has 0 aliphatic carbocycles. The molecule has 0 saturated heterocycles. The van der Waals surface area contributed by atoms with Crippen LogP contribution in [-0.2, 0) is 15.8 Å². The molecule has 0 fully saturated rings. The average Bonchev–Trinajstić information content (AvgIpc) is 2.49. The van der Waals surface area contributed by atoms with Crippen LogP contribution in [0.1, 0.15) is 12.5 Å². The van der Waals surface area contributed by atoms with E-state index in [1.54, 1.807) is 37.3 Å². The average molecular weight is 303 g/mol. The van der Waals surface area contributed by atoms with Crippen molar-refractivity contribution in [1.82, 2.24) is 5.32 Å². The van der Waals surface area contributed by atoms with Gasteiger partial charge in [-0.15, -0.1) is 0 Å². The van der Waals surface area contributed by atoms with Crippen molar-refractivity contribution in [1.29, 1.82) is 0 Å². The first-order valence-electron chi connectivity index (χ1n) is 6.71. The molecule has 0 saturated carbocycles. The van der Waals surface area contributed by atoms with Gasteiger partial charge in [0, 0.05) is 5.30 Å². The fraction of sp³-hybridized carbons (Fsp3) is 0.188. The van der Waals surface area contributed by atoms with Gasteiger partial charge in [-0.05, 0) is 24.6 Å². The van der Waals surface area contributed by atoms with Crippen LogP contribution < -0.4 is 10.6 Å². The number of hydrogen-bond donors (Lipinski definition) is 2. The van der Waals surface area contributed by atoms with Crippen LogP contribution >= 0.6 is 7.37 Å². The summed E-state index contributed by atoms with van der Waals surface area (Å²) in [6.07, 6.45) is 0.194. The zero-order chi connectivity index (χ0) is 15.3. The van der Waals surface area contributed by atoms with Crippen molar-refractivity contribution in [3.63, 3.8) is 0 Å². The van der Waals surface area contributed by atoms with Gasteiger partial charge in [-0.2, -0.15) is 0 Å². The standard InChI is InChI=1S/C16H18NO3P/c1-13(21(19,20)15-10-6-3-7-11-15)17-16(18)12-14-8-4-2-5-9-14/h2-11,13H,12H2,1H3,(H,17,18)(H,19,20)/t13-/m1/s1. The van der Waals surface area contributed by atoms with Crippen molar-refractivity contribution in [2.45, 2.75) is 19.1 Å². The molecule has 0 heterocycles. The van der Waals surface area contributed by atoms with Gasteiger partial charge in [-0.25, -0.2) is 0 Å². The van der Waals surface area contributed by atoms with E-state index in [2.05, 4.69) is 5.32 Å². The zero-order valence-electron chi connectivity index (χ0n) is 11.8. The third-order valence-electron chi connectivity index (χ3n) is 3.23. The Morgan fingerprint density at radius 3 is 2.19 bits per heavy atom. The molecule has 1 amide bonds. The first kappa shape index (κ1) is 15.5. The van der Waals surface area contributed by atoms with Gasteiger partial charge in [-0.1, -0.05) is 48.5 Å². The number of carbonyl (C=O) groups is 1. The summed E-state index contributed by atoms with van der Waals surface area (Å²) in [5.74, 6) is -1.09. The van der Waals surface area contributed by atoms with Crippen LogP contribution in [0.4, 0.5) is 0 Å². The molecule has 2 aromatic carbocycles. The summed E-state index contributed by atoms with van der Waals surface area (Å²) in [7, 11) is -3.63. The number of carbonyl (C=O) groups excluding carboxylic acids is 1. The van der Waals surface area contributed by atoms with Gasteiger partial charge in [0.05, 0.1) is 6.42 Å². The van der Waals surface area contributed by atoms with Gasteiger partial charge < -0.3 is 10.2 Å². The number of hydrogen-bond acceptors (Lipinski definition) is 2. The number of nitrogens with one attached hydrogen (secondary N) is 1. The van der Waals surface area contributed by atoms with Crippen LogP contribution in [-0.4, -0.2) is 16.6 Å². The molecular weight excluding hydrogens is 285 g/mol. The summed E-state index contributed by atoms with van der Waals surface area (Å²) in [5, 5.41) is 2.96. The van der Waals surface area contributed by atoms with Crippen molar-refractivity contribution >= 4 is 18.6 Å². The van der Waals surface area contributed by atoms with E-state index in [-0.39, 0.29) is 12.3 Å². The molecule has 2 atom stereocenters. The third-order valence-corrected chi connectivity index (χ3v) is 5.45. The van der Waals surface area contributed by atoms with Crippen LogP contribution in [0.5, 0.6) is 0 Å². The summed E-state index contributed by atoms with van der Waals surface area (Å²) < 4.78 is 12.4. The quantitative estimate of drug-likeness (QED) is 0.833. The lowest BCUT2D eigenvalue weighted by Crippen LogP contribution is -2.35. The molecule has 2 N–H and O–H groups in total. The predicted molar refractivity (Wildman–Crippen MR) is 83.7 cm³/mol. The van der Waals surface area contributed by atoms with E-state index in [1.807, 2.05) is 30.3 Å². The van der Waals surface area contributed by atoms with Gasteiger partial charge in [0.1, 0.15) is 5.78 Å². The van der Waals surface area contributed by atoms with Gasteiger partial charge in [0.25, 0.3) is 7.37 Å². The maximum Gasteiger partial charge on any atom is 0.250 e. The highest BCUT2D eigenvalue weighted by Crippen LogP contribution is 2.43. The number of amides is 1. The lowest BCUT2D eigenvalue weighted by Gasteiger charge is -2.20. The van der Waals surface area contributed by atoms with E-state index in [9.17, 15) is 14.3 Å². The molecule has 1 unspecified atom stereocenters. The Hall–Kier alpha value is -1.90. The summed E-state index contributed by atoms with van der Waals surface area (Å²) in [6, 6.07) is 17.7. The molecule has 4 nitrogen and oxygen atoms in total.